The molecule has 0 atom stereocenters. The Bertz CT molecular complexity index is 245. The van der Waals surface area contributed by atoms with Crippen molar-refractivity contribution in [2.75, 3.05) is 19.8 Å². The van der Waals surface area contributed by atoms with Crippen LogP contribution in [-0.2, 0) is 4.79 Å². The van der Waals surface area contributed by atoms with Crippen molar-refractivity contribution in [3.63, 3.8) is 0 Å². The molecular formula is C22H48O5. The van der Waals surface area contributed by atoms with Gasteiger partial charge in [0.15, 0.2) is 0 Å². The molecule has 5 nitrogen and oxygen atoms in total. The Labute approximate surface area is 168 Å². The van der Waals surface area contributed by atoms with E-state index in [1.165, 1.54) is 83.5 Å². The van der Waals surface area contributed by atoms with Gasteiger partial charge >= 0.3 is 5.97 Å². The summed E-state index contributed by atoms with van der Waals surface area (Å²) in [6.07, 6.45) is 20.2. The fraction of sp³-hybridized carbons (Fsp3) is 0.955. The Morgan fingerprint density at radius 2 is 0.815 bits per heavy atom. The molecule has 0 bridgehead atoms. The minimum Gasteiger partial charge on any atom is -0.481 e. The molecule has 0 unspecified atom stereocenters. The van der Waals surface area contributed by atoms with Crippen LogP contribution in [-0.4, -0.2) is 46.2 Å². The number of hydrogen-bond donors (Lipinski definition) is 4. The van der Waals surface area contributed by atoms with Crippen molar-refractivity contribution < 1.29 is 25.2 Å². The molecule has 5 heteroatoms. The van der Waals surface area contributed by atoms with Gasteiger partial charge < -0.3 is 20.4 Å². The first-order valence-corrected chi connectivity index (χ1v) is 11.1. The molecule has 0 spiro atoms. The van der Waals surface area contributed by atoms with Gasteiger partial charge in [-0.15, -0.1) is 0 Å². The van der Waals surface area contributed by atoms with E-state index in [1.807, 2.05) is 0 Å². The van der Waals surface area contributed by atoms with Crippen LogP contribution in [0.1, 0.15) is 117 Å². The van der Waals surface area contributed by atoms with E-state index in [-0.39, 0.29) is 19.8 Å². The van der Waals surface area contributed by atoms with Gasteiger partial charge in [0.2, 0.25) is 0 Å². The lowest BCUT2D eigenvalue weighted by Gasteiger charge is -2.03. The van der Waals surface area contributed by atoms with Crippen LogP contribution in [0, 0.1) is 0 Å². The highest BCUT2D eigenvalue weighted by atomic mass is 16.4. The molecule has 0 aliphatic carbocycles. The zero-order valence-electron chi connectivity index (χ0n) is 18.1. The first kappa shape index (κ1) is 31.1. The zero-order chi connectivity index (χ0) is 21.0. The third kappa shape index (κ3) is 45.9. The smallest absolute Gasteiger partial charge is 0.303 e. The van der Waals surface area contributed by atoms with Crippen molar-refractivity contribution in [1.82, 2.24) is 0 Å². The largest absolute Gasteiger partial charge is 0.481 e. The number of carbonyl (C=O) groups is 1. The third-order valence-corrected chi connectivity index (χ3v) is 4.09. The number of aliphatic hydroxyl groups is 3. The number of carboxylic acid groups (broad SMARTS) is 1. The summed E-state index contributed by atoms with van der Waals surface area (Å²) in [6.45, 7) is 3.95. The highest BCUT2D eigenvalue weighted by molar-refractivity contribution is 5.66. The molecule has 0 saturated heterocycles. The maximum absolute atomic E-state index is 10.3. The first-order chi connectivity index (χ1) is 13.1. The van der Waals surface area contributed by atoms with Crippen LogP contribution in [0.5, 0.6) is 0 Å². The molecule has 0 radical (unpaired) electrons. The van der Waals surface area contributed by atoms with E-state index in [2.05, 4.69) is 6.92 Å². The fourth-order valence-corrected chi connectivity index (χ4v) is 2.65. The summed E-state index contributed by atoms with van der Waals surface area (Å²) in [5.74, 6) is -0.653. The second-order valence-corrected chi connectivity index (χ2v) is 6.86. The third-order valence-electron chi connectivity index (χ3n) is 4.09. The van der Waals surface area contributed by atoms with Gasteiger partial charge in [-0.2, -0.15) is 0 Å². The molecule has 0 rings (SSSR count). The van der Waals surface area contributed by atoms with E-state index in [0.29, 0.717) is 6.42 Å². The lowest BCUT2D eigenvalue weighted by atomic mass is 10.0. The quantitative estimate of drug-likeness (QED) is 0.252. The lowest BCUT2D eigenvalue weighted by molar-refractivity contribution is -0.137. The van der Waals surface area contributed by atoms with E-state index in [9.17, 15) is 4.79 Å². The normalized spacial score (nSPS) is 9.81. The van der Waals surface area contributed by atoms with Crippen LogP contribution in [0.25, 0.3) is 0 Å². The van der Waals surface area contributed by atoms with Crippen molar-refractivity contribution in [3.8, 4) is 0 Å². The Kier molecular flexibility index (Phi) is 37.9. The van der Waals surface area contributed by atoms with E-state index >= 15 is 0 Å². The summed E-state index contributed by atoms with van der Waals surface area (Å²) in [5.41, 5.74) is 0. The maximum atomic E-state index is 10.3. The number of carboxylic acids is 1. The second kappa shape index (κ2) is 33.0. The maximum Gasteiger partial charge on any atom is 0.303 e. The Hall–Kier alpha value is -0.650. The summed E-state index contributed by atoms with van der Waals surface area (Å²) in [5, 5.41) is 31.3. The van der Waals surface area contributed by atoms with E-state index in [4.69, 9.17) is 20.4 Å². The second-order valence-electron chi connectivity index (χ2n) is 6.86. The topological polar surface area (TPSA) is 98.0 Å². The molecule has 166 valence electrons. The fourth-order valence-electron chi connectivity index (χ4n) is 2.65. The summed E-state index contributed by atoms with van der Waals surface area (Å²) >= 11 is 0. The molecule has 4 N–H and O–H groups in total. The van der Waals surface area contributed by atoms with Crippen LogP contribution >= 0.6 is 0 Å². The molecule has 0 aromatic heterocycles. The van der Waals surface area contributed by atoms with E-state index in [1.54, 1.807) is 6.92 Å². The highest BCUT2D eigenvalue weighted by Crippen LogP contribution is 2.13. The molecule has 27 heavy (non-hydrogen) atoms. The summed E-state index contributed by atoms with van der Waals surface area (Å²) in [4.78, 5) is 10.3. The Morgan fingerprint density at radius 1 is 0.556 bits per heavy atom. The molecule has 0 heterocycles. The Balaban J connectivity index is -0.000000703. The van der Waals surface area contributed by atoms with E-state index < -0.39 is 5.97 Å². The number of aliphatic carboxylic acids is 1. The molecule has 0 saturated carbocycles. The Morgan fingerprint density at radius 3 is 1.04 bits per heavy atom. The van der Waals surface area contributed by atoms with Gasteiger partial charge in [-0.3, -0.25) is 4.79 Å². The predicted octanol–water partition coefficient (Wildman–Crippen LogP) is 5.30. The van der Waals surface area contributed by atoms with Crippen LogP contribution in [0.2, 0.25) is 0 Å². The predicted molar refractivity (Wildman–Crippen MR) is 114 cm³/mol. The first-order valence-electron chi connectivity index (χ1n) is 11.1. The number of aliphatic hydroxyl groups excluding tert-OH is 3. The van der Waals surface area contributed by atoms with Gasteiger partial charge in [0.1, 0.15) is 0 Å². The van der Waals surface area contributed by atoms with Gasteiger partial charge in [-0.05, 0) is 13.3 Å². The van der Waals surface area contributed by atoms with Crippen LogP contribution in [0.15, 0.2) is 0 Å². The van der Waals surface area contributed by atoms with Crippen molar-refractivity contribution in [1.29, 1.82) is 0 Å². The van der Waals surface area contributed by atoms with Gasteiger partial charge in [-0.1, -0.05) is 96.8 Å². The molecule has 0 fully saturated rings. The van der Waals surface area contributed by atoms with Gasteiger partial charge in [0.25, 0.3) is 0 Å². The number of unbranched alkanes of at least 4 members (excludes halogenated alkanes) is 14. The molecule has 0 aromatic carbocycles. The molecule has 0 aliphatic heterocycles. The summed E-state index contributed by atoms with van der Waals surface area (Å²) in [6, 6.07) is 0. The van der Waals surface area contributed by atoms with Gasteiger partial charge in [0.05, 0.1) is 13.2 Å². The van der Waals surface area contributed by atoms with Crippen molar-refractivity contribution >= 4 is 5.97 Å². The molecule has 0 aromatic rings. The minimum absolute atomic E-state index is 0.125. The number of rotatable bonds is 17. The zero-order valence-corrected chi connectivity index (χ0v) is 18.1. The highest BCUT2D eigenvalue weighted by Gasteiger charge is 1.97. The monoisotopic (exact) mass is 392 g/mol. The molecule has 0 amide bonds. The van der Waals surface area contributed by atoms with Crippen LogP contribution < -0.4 is 0 Å². The summed E-state index contributed by atoms with van der Waals surface area (Å²) < 4.78 is 0. The standard InChI is InChI=1S/C18H36O2.C2H6O2.C2H6O/c1-2-3-4-5-6-7-8-9-10-11-12-13-14-15-16-17-18(19)20;3-1-2-4;1-2-3/h2-17H2,1H3,(H,19,20);3-4H,1-2H2;3H,2H2,1H3. The SMILES string of the molecule is CCCCCCCCCCCCCCCCCC(=O)O.CCO.OCCO. The average molecular weight is 393 g/mol. The van der Waals surface area contributed by atoms with Gasteiger partial charge in [0, 0.05) is 13.0 Å². The average Bonchev–Trinajstić information content (AvgIpc) is 2.65. The van der Waals surface area contributed by atoms with Crippen LogP contribution in [0.4, 0.5) is 0 Å². The van der Waals surface area contributed by atoms with Crippen molar-refractivity contribution in [3.05, 3.63) is 0 Å². The van der Waals surface area contributed by atoms with Crippen LogP contribution in [0.3, 0.4) is 0 Å². The summed E-state index contributed by atoms with van der Waals surface area (Å²) in [7, 11) is 0. The van der Waals surface area contributed by atoms with Gasteiger partial charge in [-0.25, -0.2) is 0 Å². The van der Waals surface area contributed by atoms with Crippen molar-refractivity contribution in [2.24, 2.45) is 0 Å². The number of hydrogen-bond acceptors (Lipinski definition) is 4. The van der Waals surface area contributed by atoms with E-state index in [0.717, 1.165) is 12.8 Å². The lowest BCUT2D eigenvalue weighted by Crippen LogP contribution is -1.93. The van der Waals surface area contributed by atoms with Crippen molar-refractivity contribution in [2.45, 2.75) is 117 Å². The minimum atomic E-state index is -0.653. The molecule has 0 aliphatic rings. The molecular weight excluding hydrogens is 344 g/mol.